The van der Waals surface area contributed by atoms with Gasteiger partial charge in [0.1, 0.15) is 4.21 Å². The van der Waals surface area contributed by atoms with Gasteiger partial charge in [0.25, 0.3) is 10.0 Å². The zero-order valence-electron chi connectivity index (χ0n) is 9.72. The molecule has 18 heavy (non-hydrogen) atoms. The molecule has 100 valence electrons. The molecule has 0 aliphatic carbocycles. The van der Waals surface area contributed by atoms with Crippen molar-refractivity contribution >= 4 is 43.2 Å². The van der Waals surface area contributed by atoms with Crippen molar-refractivity contribution in [3.05, 3.63) is 15.9 Å². The number of halogens is 1. The number of nitrogens with zero attached hydrogens (tertiary/aromatic N) is 1. The van der Waals surface area contributed by atoms with E-state index in [2.05, 4.69) is 21.2 Å². The van der Waals surface area contributed by atoms with E-state index in [4.69, 9.17) is 0 Å². The summed E-state index contributed by atoms with van der Waals surface area (Å²) in [5.41, 5.74) is 0. The van der Waals surface area contributed by atoms with Crippen LogP contribution in [-0.4, -0.2) is 38.8 Å². The highest BCUT2D eigenvalue weighted by Gasteiger charge is 2.36. The molecule has 1 aromatic heterocycles. The number of hydrogen-bond donors (Lipinski definition) is 1. The molecule has 8 heteroatoms. The lowest BCUT2D eigenvalue weighted by atomic mass is 10.1. The van der Waals surface area contributed by atoms with Gasteiger partial charge in [0.15, 0.2) is 0 Å². The molecule has 0 spiro atoms. The summed E-state index contributed by atoms with van der Waals surface area (Å²) >= 11 is 4.43. The van der Waals surface area contributed by atoms with Gasteiger partial charge in [-0.25, -0.2) is 8.42 Å². The quantitative estimate of drug-likeness (QED) is 0.890. The van der Waals surface area contributed by atoms with Crippen molar-refractivity contribution in [2.75, 3.05) is 20.1 Å². The topological polar surface area (TPSA) is 66.5 Å². The van der Waals surface area contributed by atoms with Gasteiger partial charge >= 0.3 is 0 Å². The highest BCUT2D eigenvalue weighted by Crippen LogP contribution is 2.31. The first kappa shape index (κ1) is 14.0. The smallest absolute Gasteiger partial charge is 0.252 e. The number of carbonyl (C=O) groups is 1. The Morgan fingerprint density at radius 1 is 1.56 bits per heavy atom. The number of sulfonamides is 1. The monoisotopic (exact) mass is 352 g/mol. The average molecular weight is 353 g/mol. The third-order valence-corrected chi connectivity index (χ3v) is 6.87. The van der Waals surface area contributed by atoms with E-state index in [1.54, 1.807) is 19.2 Å². The van der Waals surface area contributed by atoms with Crippen LogP contribution in [0.3, 0.4) is 0 Å². The number of nitrogens with one attached hydrogen (secondary N) is 1. The van der Waals surface area contributed by atoms with Crippen LogP contribution in [0.1, 0.15) is 6.42 Å². The zero-order valence-corrected chi connectivity index (χ0v) is 12.9. The summed E-state index contributed by atoms with van der Waals surface area (Å²) in [7, 11) is -1.89. The molecule has 0 aromatic carbocycles. The second kappa shape index (κ2) is 5.28. The van der Waals surface area contributed by atoms with Gasteiger partial charge in [-0.3, -0.25) is 4.79 Å². The first-order chi connectivity index (χ1) is 8.45. The first-order valence-corrected chi connectivity index (χ1v) is 8.47. The molecule has 5 nitrogen and oxygen atoms in total. The minimum Gasteiger partial charge on any atom is -0.359 e. The molecule has 1 atom stereocenters. The molecule has 2 heterocycles. The van der Waals surface area contributed by atoms with Crippen LogP contribution in [0.25, 0.3) is 0 Å². The third kappa shape index (κ3) is 2.61. The van der Waals surface area contributed by atoms with E-state index in [-0.39, 0.29) is 18.4 Å². The van der Waals surface area contributed by atoms with E-state index in [0.717, 1.165) is 3.79 Å². The summed E-state index contributed by atoms with van der Waals surface area (Å²) in [6.07, 6.45) is 0.575. The summed E-state index contributed by atoms with van der Waals surface area (Å²) < 4.78 is 27.0. The SMILES string of the molecule is CNC(=O)C1CCN(S(=O)(=O)c2ccc(Br)s2)C1. The Labute approximate surface area is 118 Å². The van der Waals surface area contributed by atoms with E-state index < -0.39 is 10.0 Å². The minimum atomic E-state index is -3.45. The minimum absolute atomic E-state index is 0.0972. The molecule has 1 unspecified atom stereocenters. The summed E-state index contributed by atoms with van der Waals surface area (Å²) in [6, 6.07) is 3.29. The normalized spacial score (nSPS) is 21.1. The van der Waals surface area contributed by atoms with Gasteiger partial charge in [-0.05, 0) is 34.5 Å². The summed E-state index contributed by atoms with van der Waals surface area (Å²) in [4.78, 5) is 11.5. The maximum absolute atomic E-state index is 12.3. The van der Waals surface area contributed by atoms with E-state index >= 15 is 0 Å². The molecule has 0 saturated carbocycles. The van der Waals surface area contributed by atoms with Gasteiger partial charge in [-0.15, -0.1) is 11.3 Å². The Morgan fingerprint density at radius 3 is 2.83 bits per heavy atom. The molecule has 1 N–H and O–H groups in total. The Bertz CT molecular complexity index is 555. The van der Waals surface area contributed by atoms with Crippen LogP contribution in [0, 0.1) is 5.92 Å². The van der Waals surface area contributed by atoms with Gasteiger partial charge in [0.2, 0.25) is 5.91 Å². The van der Waals surface area contributed by atoms with Crippen LogP contribution in [0.4, 0.5) is 0 Å². The predicted octanol–water partition coefficient (Wildman–Crippen LogP) is 1.27. The second-order valence-electron chi connectivity index (χ2n) is 4.02. The molecule has 1 fully saturated rings. The molecular weight excluding hydrogens is 340 g/mol. The lowest BCUT2D eigenvalue weighted by Crippen LogP contribution is -2.32. The number of thiophene rings is 1. The van der Waals surface area contributed by atoms with E-state index in [0.29, 0.717) is 17.2 Å². The second-order valence-corrected chi connectivity index (χ2v) is 8.65. The lowest BCUT2D eigenvalue weighted by Gasteiger charge is -2.14. The predicted molar refractivity (Wildman–Crippen MR) is 73.0 cm³/mol. The average Bonchev–Trinajstić information content (AvgIpc) is 2.96. The maximum atomic E-state index is 12.3. The highest BCUT2D eigenvalue weighted by atomic mass is 79.9. The fraction of sp³-hybridized carbons (Fsp3) is 0.500. The number of rotatable bonds is 3. The molecule has 1 aromatic rings. The van der Waals surface area contributed by atoms with Crippen LogP contribution in [0.15, 0.2) is 20.1 Å². The van der Waals surface area contributed by atoms with Crippen LogP contribution in [-0.2, 0) is 14.8 Å². The van der Waals surface area contributed by atoms with Crippen molar-refractivity contribution in [2.24, 2.45) is 5.92 Å². The van der Waals surface area contributed by atoms with Gasteiger partial charge in [0, 0.05) is 20.1 Å². The standard InChI is InChI=1S/C10H13BrN2O3S2/c1-12-10(14)7-4-5-13(6-7)18(15,16)9-3-2-8(11)17-9/h2-3,7H,4-6H2,1H3,(H,12,14). The van der Waals surface area contributed by atoms with Crippen molar-refractivity contribution in [3.8, 4) is 0 Å². The third-order valence-electron chi connectivity index (χ3n) is 2.91. The molecule has 1 aliphatic rings. The molecule has 0 radical (unpaired) electrons. The van der Waals surface area contributed by atoms with E-state index in [1.807, 2.05) is 0 Å². The van der Waals surface area contributed by atoms with Crippen LogP contribution in [0.2, 0.25) is 0 Å². The Kier molecular flexibility index (Phi) is 4.10. The molecule has 0 bridgehead atoms. The van der Waals surface area contributed by atoms with E-state index in [9.17, 15) is 13.2 Å². The maximum Gasteiger partial charge on any atom is 0.252 e. The van der Waals surface area contributed by atoms with Gasteiger partial charge < -0.3 is 5.32 Å². The summed E-state index contributed by atoms with van der Waals surface area (Å²) in [5, 5.41) is 2.56. The molecule has 1 amide bonds. The van der Waals surface area contributed by atoms with Crippen molar-refractivity contribution in [2.45, 2.75) is 10.6 Å². The highest BCUT2D eigenvalue weighted by molar-refractivity contribution is 9.11. The zero-order chi connectivity index (χ0) is 13.3. The fourth-order valence-corrected chi connectivity index (χ4v) is 5.59. The van der Waals surface area contributed by atoms with Crippen LogP contribution in [0.5, 0.6) is 0 Å². The van der Waals surface area contributed by atoms with Crippen molar-refractivity contribution in [1.29, 1.82) is 0 Å². The fourth-order valence-electron chi connectivity index (χ4n) is 1.93. The number of amides is 1. The van der Waals surface area contributed by atoms with Crippen molar-refractivity contribution in [1.82, 2.24) is 9.62 Å². The molecule has 1 saturated heterocycles. The molecule has 2 rings (SSSR count). The van der Waals surface area contributed by atoms with Crippen molar-refractivity contribution in [3.63, 3.8) is 0 Å². The van der Waals surface area contributed by atoms with Crippen LogP contribution >= 0.6 is 27.3 Å². The molecular formula is C10H13BrN2O3S2. The Hall–Kier alpha value is -0.440. The number of hydrogen-bond acceptors (Lipinski definition) is 4. The first-order valence-electron chi connectivity index (χ1n) is 5.42. The van der Waals surface area contributed by atoms with Gasteiger partial charge in [-0.1, -0.05) is 0 Å². The Morgan fingerprint density at radius 2 is 2.28 bits per heavy atom. The Balaban J connectivity index is 2.16. The largest absolute Gasteiger partial charge is 0.359 e. The van der Waals surface area contributed by atoms with Crippen molar-refractivity contribution < 1.29 is 13.2 Å². The molecule has 1 aliphatic heterocycles. The van der Waals surface area contributed by atoms with Gasteiger partial charge in [0.05, 0.1) is 9.70 Å². The van der Waals surface area contributed by atoms with Crippen LogP contribution < -0.4 is 5.32 Å². The van der Waals surface area contributed by atoms with E-state index in [1.165, 1.54) is 15.6 Å². The summed E-state index contributed by atoms with van der Waals surface area (Å²) in [6.45, 7) is 0.660. The number of carbonyl (C=O) groups excluding carboxylic acids is 1. The summed E-state index contributed by atoms with van der Waals surface area (Å²) in [5.74, 6) is -0.340. The van der Waals surface area contributed by atoms with Gasteiger partial charge in [-0.2, -0.15) is 4.31 Å². The lowest BCUT2D eigenvalue weighted by molar-refractivity contribution is -0.123.